The summed E-state index contributed by atoms with van der Waals surface area (Å²) in [6.45, 7) is 7.05. The second-order valence-electron chi connectivity index (χ2n) is 8.47. The fourth-order valence-electron chi connectivity index (χ4n) is 3.99. The third-order valence-corrected chi connectivity index (χ3v) is 6.01. The second-order valence-corrected chi connectivity index (χ2v) is 8.47. The fourth-order valence-corrected chi connectivity index (χ4v) is 3.99. The molecule has 1 N–H and O–H groups in total. The number of hydrogen-bond acceptors (Lipinski definition) is 6. The van der Waals surface area contributed by atoms with Gasteiger partial charge in [-0.2, -0.15) is 4.39 Å². The lowest BCUT2D eigenvalue weighted by Crippen LogP contribution is -2.19. The Labute approximate surface area is 205 Å². The molecule has 4 aromatic rings. The summed E-state index contributed by atoms with van der Waals surface area (Å²) in [5.74, 6) is 1.92. The van der Waals surface area contributed by atoms with Crippen LogP contribution < -0.4 is 14.8 Å². The van der Waals surface area contributed by atoms with Crippen LogP contribution in [0.25, 0.3) is 11.3 Å². The number of aromatic nitrogens is 4. The Hall–Kier alpha value is -3.78. The first-order valence-corrected chi connectivity index (χ1v) is 11.4. The number of nitrogens with one attached hydrogen (secondary N) is 1. The maximum atomic E-state index is 13.6. The standard InChI is InChI=1S/C27H30FN5O2/c1-17(21-12-23(34-4)14-24(13-21)35-5)30-15-22-10-20(16-33-9-8-29-19(33)3)11-26(32-22)25-6-7-27(28)31-18(25)2/h6-14,17,30H,15-16H2,1-5H3. The number of hydrogen-bond donors (Lipinski definition) is 1. The number of benzene rings is 1. The van der Waals surface area contributed by atoms with Crippen molar-refractivity contribution >= 4 is 0 Å². The molecule has 4 rings (SSSR count). The molecule has 1 aromatic carbocycles. The molecule has 8 heteroatoms. The molecule has 1 unspecified atom stereocenters. The van der Waals surface area contributed by atoms with Crippen molar-refractivity contribution in [3.05, 3.63) is 89.1 Å². The number of rotatable bonds is 9. The quantitative estimate of drug-likeness (QED) is 0.343. The average molecular weight is 476 g/mol. The van der Waals surface area contributed by atoms with Crippen LogP contribution in [0.1, 0.15) is 41.3 Å². The predicted octanol–water partition coefficient (Wildman–Crippen LogP) is 5.01. The highest BCUT2D eigenvalue weighted by Gasteiger charge is 2.13. The number of imidazole rings is 1. The minimum atomic E-state index is -0.499. The summed E-state index contributed by atoms with van der Waals surface area (Å²) >= 11 is 0. The van der Waals surface area contributed by atoms with Crippen LogP contribution in [0.4, 0.5) is 4.39 Å². The van der Waals surface area contributed by atoms with Gasteiger partial charge >= 0.3 is 0 Å². The maximum absolute atomic E-state index is 13.6. The number of nitrogens with zero attached hydrogens (tertiary/aromatic N) is 4. The van der Waals surface area contributed by atoms with Crippen molar-refractivity contribution in [2.45, 2.75) is 39.9 Å². The van der Waals surface area contributed by atoms with Crippen LogP contribution >= 0.6 is 0 Å². The van der Waals surface area contributed by atoms with Crippen LogP contribution in [0.3, 0.4) is 0 Å². The van der Waals surface area contributed by atoms with Crippen molar-refractivity contribution < 1.29 is 13.9 Å². The summed E-state index contributed by atoms with van der Waals surface area (Å²) in [5, 5.41) is 3.55. The molecule has 0 aliphatic rings. The molecule has 35 heavy (non-hydrogen) atoms. The van der Waals surface area contributed by atoms with E-state index in [0.717, 1.165) is 45.4 Å². The highest BCUT2D eigenvalue weighted by atomic mass is 19.1. The van der Waals surface area contributed by atoms with E-state index in [1.54, 1.807) is 33.4 Å². The van der Waals surface area contributed by atoms with Gasteiger partial charge in [-0.15, -0.1) is 0 Å². The van der Waals surface area contributed by atoms with Gasteiger partial charge < -0.3 is 19.4 Å². The number of aryl methyl sites for hydroxylation is 2. The first-order chi connectivity index (χ1) is 16.9. The summed E-state index contributed by atoms with van der Waals surface area (Å²) < 4.78 is 26.5. The van der Waals surface area contributed by atoms with Crippen LogP contribution in [-0.4, -0.2) is 33.7 Å². The summed E-state index contributed by atoms with van der Waals surface area (Å²) in [4.78, 5) is 13.2. The van der Waals surface area contributed by atoms with Gasteiger partial charge in [-0.05, 0) is 68.3 Å². The molecule has 0 radical (unpaired) electrons. The van der Waals surface area contributed by atoms with Crippen molar-refractivity contribution in [3.63, 3.8) is 0 Å². The van der Waals surface area contributed by atoms with Crippen molar-refractivity contribution in [1.82, 2.24) is 24.8 Å². The summed E-state index contributed by atoms with van der Waals surface area (Å²) in [7, 11) is 3.28. The summed E-state index contributed by atoms with van der Waals surface area (Å²) in [6.07, 6.45) is 3.74. The van der Waals surface area contributed by atoms with E-state index >= 15 is 0 Å². The molecule has 7 nitrogen and oxygen atoms in total. The van der Waals surface area contributed by atoms with Gasteiger partial charge in [-0.1, -0.05) is 0 Å². The van der Waals surface area contributed by atoms with Gasteiger partial charge in [-0.25, -0.2) is 9.97 Å². The third-order valence-electron chi connectivity index (χ3n) is 6.01. The smallest absolute Gasteiger partial charge is 0.213 e. The number of pyridine rings is 2. The van der Waals surface area contributed by atoms with Gasteiger partial charge in [0.1, 0.15) is 17.3 Å². The monoisotopic (exact) mass is 475 g/mol. The van der Waals surface area contributed by atoms with E-state index in [1.165, 1.54) is 6.07 Å². The Balaban J connectivity index is 1.63. The molecule has 182 valence electrons. The molecule has 0 fully saturated rings. The molecule has 0 spiro atoms. The minimum absolute atomic E-state index is 0.0259. The molecule has 0 amide bonds. The lowest BCUT2D eigenvalue weighted by Gasteiger charge is -2.17. The molecule has 0 saturated carbocycles. The number of methoxy groups -OCH3 is 2. The van der Waals surface area contributed by atoms with E-state index < -0.39 is 5.95 Å². The average Bonchev–Trinajstić information content (AvgIpc) is 3.25. The normalized spacial score (nSPS) is 11.9. The Kier molecular flexibility index (Phi) is 7.41. The van der Waals surface area contributed by atoms with Crippen LogP contribution in [0, 0.1) is 19.8 Å². The summed E-state index contributed by atoms with van der Waals surface area (Å²) in [6, 6.07) is 13.1. The molecule has 0 aliphatic carbocycles. The number of halogens is 1. The Morgan fingerprint density at radius 2 is 1.74 bits per heavy atom. The van der Waals surface area contributed by atoms with Gasteiger partial charge in [0.2, 0.25) is 5.95 Å². The van der Waals surface area contributed by atoms with Crippen molar-refractivity contribution in [1.29, 1.82) is 0 Å². The molecule has 0 bridgehead atoms. The SMILES string of the molecule is COc1cc(OC)cc(C(C)NCc2cc(Cn3ccnc3C)cc(-c3ccc(F)nc3C)n2)c1. The molecule has 3 aromatic heterocycles. The zero-order valence-corrected chi connectivity index (χ0v) is 20.7. The second kappa shape index (κ2) is 10.7. The van der Waals surface area contributed by atoms with Crippen LogP contribution in [0.2, 0.25) is 0 Å². The molecular weight excluding hydrogens is 445 g/mol. The van der Waals surface area contributed by atoms with E-state index in [2.05, 4.69) is 32.8 Å². The lowest BCUT2D eigenvalue weighted by molar-refractivity contribution is 0.392. The van der Waals surface area contributed by atoms with Gasteiger partial charge in [0.05, 0.1) is 25.6 Å². The maximum Gasteiger partial charge on any atom is 0.213 e. The van der Waals surface area contributed by atoms with Gasteiger partial charge in [-0.3, -0.25) is 4.98 Å². The molecule has 0 aliphatic heterocycles. The van der Waals surface area contributed by atoms with E-state index in [1.807, 2.05) is 37.4 Å². The highest BCUT2D eigenvalue weighted by molar-refractivity contribution is 5.62. The number of ether oxygens (including phenoxy) is 2. The zero-order chi connectivity index (χ0) is 24.9. The first-order valence-electron chi connectivity index (χ1n) is 11.4. The van der Waals surface area contributed by atoms with E-state index in [-0.39, 0.29) is 6.04 Å². The van der Waals surface area contributed by atoms with Crippen molar-refractivity contribution in [3.8, 4) is 22.8 Å². The first kappa shape index (κ1) is 24.3. The van der Waals surface area contributed by atoms with E-state index in [9.17, 15) is 4.39 Å². The van der Waals surface area contributed by atoms with Crippen molar-refractivity contribution in [2.24, 2.45) is 0 Å². The largest absolute Gasteiger partial charge is 0.497 e. The van der Waals surface area contributed by atoms with Crippen LogP contribution in [-0.2, 0) is 13.1 Å². The summed E-state index contributed by atoms with van der Waals surface area (Å²) in [5.41, 5.74) is 5.17. The Morgan fingerprint density at radius 1 is 1.00 bits per heavy atom. The lowest BCUT2D eigenvalue weighted by atomic mass is 10.1. The predicted molar refractivity (Wildman–Crippen MR) is 133 cm³/mol. The van der Waals surface area contributed by atoms with Gasteiger partial charge in [0.15, 0.2) is 0 Å². The van der Waals surface area contributed by atoms with Crippen LogP contribution in [0.5, 0.6) is 11.5 Å². The van der Waals surface area contributed by atoms with Gasteiger partial charge in [0, 0.05) is 48.8 Å². The molecule has 0 saturated heterocycles. The van der Waals surface area contributed by atoms with E-state index in [0.29, 0.717) is 18.8 Å². The van der Waals surface area contributed by atoms with Crippen molar-refractivity contribution in [2.75, 3.05) is 14.2 Å². The Morgan fingerprint density at radius 3 is 2.37 bits per heavy atom. The molecule has 1 atom stereocenters. The fraction of sp³-hybridized carbons (Fsp3) is 0.296. The molecular formula is C27H30FN5O2. The van der Waals surface area contributed by atoms with Crippen LogP contribution in [0.15, 0.2) is 54.9 Å². The highest BCUT2D eigenvalue weighted by Crippen LogP contribution is 2.27. The zero-order valence-electron chi connectivity index (χ0n) is 20.7. The van der Waals surface area contributed by atoms with Gasteiger partial charge in [0.25, 0.3) is 0 Å². The third kappa shape index (κ3) is 5.84. The topological polar surface area (TPSA) is 74.1 Å². The molecule has 3 heterocycles. The Bertz CT molecular complexity index is 1300. The minimum Gasteiger partial charge on any atom is -0.497 e. The van der Waals surface area contributed by atoms with E-state index in [4.69, 9.17) is 14.5 Å².